The molecule has 0 fully saturated rings. The van der Waals surface area contributed by atoms with Crippen LogP contribution in [0, 0.1) is 0 Å². The standard InChI is InChI=1S/C7H12N2/c1-4-6-7(8-3)9-5-2/h4-6,8H,1H2,2-3H3/b7-6-,9-5?. The van der Waals surface area contributed by atoms with Crippen LogP contribution in [0.25, 0.3) is 0 Å². The van der Waals surface area contributed by atoms with Gasteiger partial charge in [-0.25, -0.2) is 4.99 Å². The lowest BCUT2D eigenvalue weighted by atomic mass is 10.5. The van der Waals surface area contributed by atoms with Gasteiger partial charge in [0.25, 0.3) is 0 Å². The highest BCUT2D eigenvalue weighted by Crippen LogP contribution is 1.87. The van der Waals surface area contributed by atoms with Crippen molar-refractivity contribution in [2.45, 2.75) is 6.92 Å². The topological polar surface area (TPSA) is 24.4 Å². The first-order valence-corrected chi connectivity index (χ1v) is 2.84. The van der Waals surface area contributed by atoms with Gasteiger partial charge in [0.05, 0.1) is 0 Å². The van der Waals surface area contributed by atoms with Gasteiger partial charge in [0.15, 0.2) is 0 Å². The molecule has 0 aliphatic heterocycles. The zero-order valence-corrected chi connectivity index (χ0v) is 5.89. The van der Waals surface area contributed by atoms with Crippen molar-refractivity contribution in [2.75, 3.05) is 7.05 Å². The lowest BCUT2D eigenvalue weighted by molar-refractivity contribution is 0.968. The van der Waals surface area contributed by atoms with Gasteiger partial charge in [0.2, 0.25) is 0 Å². The molecule has 0 heterocycles. The van der Waals surface area contributed by atoms with Crippen molar-refractivity contribution < 1.29 is 0 Å². The number of nitrogens with zero attached hydrogens (tertiary/aromatic N) is 1. The lowest BCUT2D eigenvalue weighted by Gasteiger charge is -1.94. The molecule has 2 nitrogen and oxygen atoms in total. The van der Waals surface area contributed by atoms with Gasteiger partial charge in [0, 0.05) is 13.3 Å². The number of rotatable bonds is 3. The number of hydrogen-bond acceptors (Lipinski definition) is 2. The molecule has 1 N–H and O–H groups in total. The van der Waals surface area contributed by atoms with Crippen molar-refractivity contribution in [3.05, 3.63) is 24.6 Å². The molecule has 0 saturated heterocycles. The van der Waals surface area contributed by atoms with Crippen LogP contribution in [0.2, 0.25) is 0 Å². The van der Waals surface area contributed by atoms with E-state index in [0.717, 1.165) is 5.82 Å². The molecule has 2 heteroatoms. The fraction of sp³-hybridized carbons (Fsp3) is 0.286. The van der Waals surface area contributed by atoms with Crippen LogP contribution in [0.5, 0.6) is 0 Å². The largest absolute Gasteiger partial charge is 0.373 e. The molecular weight excluding hydrogens is 112 g/mol. The Labute approximate surface area is 56.0 Å². The Morgan fingerprint density at radius 1 is 1.67 bits per heavy atom. The van der Waals surface area contributed by atoms with E-state index in [4.69, 9.17) is 0 Å². The first kappa shape index (κ1) is 7.95. The average Bonchev–Trinajstić information content (AvgIpc) is 1.88. The number of aliphatic imine (C=N–C) groups is 1. The first-order valence-electron chi connectivity index (χ1n) is 2.84. The Bertz CT molecular complexity index is 134. The van der Waals surface area contributed by atoms with E-state index < -0.39 is 0 Å². The SMILES string of the molecule is C=C/C=C(\N=CC)NC. The smallest absolute Gasteiger partial charge is 0.125 e. The molecule has 0 aliphatic rings. The third-order valence-corrected chi connectivity index (χ3v) is 0.800. The Morgan fingerprint density at radius 3 is 2.67 bits per heavy atom. The summed E-state index contributed by atoms with van der Waals surface area (Å²) >= 11 is 0. The summed E-state index contributed by atoms with van der Waals surface area (Å²) in [6.07, 6.45) is 5.23. The number of nitrogens with one attached hydrogen (secondary N) is 1. The minimum absolute atomic E-state index is 0.826. The van der Waals surface area contributed by atoms with Crippen LogP contribution in [0.15, 0.2) is 29.5 Å². The second-order valence-electron chi connectivity index (χ2n) is 1.42. The van der Waals surface area contributed by atoms with E-state index in [0.29, 0.717) is 0 Å². The Balaban J connectivity index is 3.96. The van der Waals surface area contributed by atoms with E-state index in [2.05, 4.69) is 16.9 Å². The molecule has 0 unspecified atom stereocenters. The average molecular weight is 124 g/mol. The van der Waals surface area contributed by atoms with E-state index in [9.17, 15) is 0 Å². The van der Waals surface area contributed by atoms with E-state index in [1.807, 2.05) is 14.0 Å². The maximum atomic E-state index is 3.99. The molecule has 0 aliphatic carbocycles. The molecule has 0 aromatic rings. The summed E-state index contributed by atoms with van der Waals surface area (Å²) in [5.41, 5.74) is 0. The molecule has 0 bridgehead atoms. The second kappa shape index (κ2) is 5.09. The van der Waals surface area contributed by atoms with E-state index in [1.54, 1.807) is 18.4 Å². The Morgan fingerprint density at radius 2 is 2.33 bits per heavy atom. The van der Waals surface area contributed by atoms with Gasteiger partial charge in [-0.3, -0.25) is 0 Å². The van der Waals surface area contributed by atoms with Gasteiger partial charge in [-0.2, -0.15) is 0 Å². The number of hydrogen-bond donors (Lipinski definition) is 1. The molecule has 0 aromatic carbocycles. The normalized spacial score (nSPS) is 12.0. The van der Waals surface area contributed by atoms with Crippen LogP contribution in [0.1, 0.15) is 6.92 Å². The van der Waals surface area contributed by atoms with Crippen LogP contribution in [0.3, 0.4) is 0 Å². The molecule has 0 aromatic heterocycles. The van der Waals surface area contributed by atoms with Crippen molar-refractivity contribution in [3.63, 3.8) is 0 Å². The third kappa shape index (κ3) is 3.53. The lowest BCUT2D eigenvalue weighted by Crippen LogP contribution is -2.02. The van der Waals surface area contributed by atoms with Crippen LogP contribution in [-0.4, -0.2) is 13.3 Å². The second-order valence-corrected chi connectivity index (χ2v) is 1.42. The number of allylic oxidation sites excluding steroid dienone is 2. The molecule has 0 atom stereocenters. The van der Waals surface area contributed by atoms with Gasteiger partial charge in [-0.05, 0) is 13.0 Å². The Hall–Kier alpha value is -1.05. The van der Waals surface area contributed by atoms with Crippen molar-refractivity contribution in [2.24, 2.45) is 4.99 Å². The molecule has 0 radical (unpaired) electrons. The summed E-state index contributed by atoms with van der Waals surface area (Å²) in [5.74, 6) is 0.826. The van der Waals surface area contributed by atoms with Gasteiger partial charge < -0.3 is 5.32 Å². The van der Waals surface area contributed by atoms with Crippen LogP contribution in [0.4, 0.5) is 0 Å². The Kier molecular flexibility index (Phi) is 4.50. The van der Waals surface area contributed by atoms with Gasteiger partial charge in [-0.15, -0.1) is 0 Å². The van der Waals surface area contributed by atoms with Crippen LogP contribution in [-0.2, 0) is 0 Å². The zero-order valence-electron chi connectivity index (χ0n) is 5.89. The van der Waals surface area contributed by atoms with Crippen LogP contribution < -0.4 is 5.32 Å². The van der Waals surface area contributed by atoms with Crippen molar-refractivity contribution in [1.29, 1.82) is 0 Å². The summed E-state index contributed by atoms with van der Waals surface area (Å²) < 4.78 is 0. The molecule has 50 valence electrons. The van der Waals surface area contributed by atoms with Crippen molar-refractivity contribution in [3.8, 4) is 0 Å². The predicted molar refractivity (Wildman–Crippen MR) is 41.5 cm³/mol. The van der Waals surface area contributed by atoms with Gasteiger partial charge in [-0.1, -0.05) is 12.7 Å². The van der Waals surface area contributed by atoms with E-state index in [-0.39, 0.29) is 0 Å². The highest BCUT2D eigenvalue weighted by atomic mass is 15.0. The first-order chi connectivity index (χ1) is 4.35. The minimum Gasteiger partial charge on any atom is -0.373 e. The van der Waals surface area contributed by atoms with Crippen molar-refractivity contribution in [1.82, 2.24) is 5.32 Å². The van der Waals surface area contributed by atoms with Gasteiger partial charge >= 0.3 is 0 Å². The summed E-state index contributed by atoms with van der Waals surface area (Å²) in [7, 11) is 1.82. The van der Waals surface area contributed by atoms with E-state index in [1.165, 1.54) is 0 Å². The maximum absolute atomic E-state index is 3.99. The third-order valence-electron chi connectivity index (χ3n) is 0.800. The van der Waals surface area contributed by atoms with Gasteiger partial charge in [0.1, 0.15) is 5.82 Å². The quantitative estimate of drug-likeness (QED) is 0.445. The minimum atomic E-state index is 0.826. The summed E-state index contributed by atoms with van der Waals surface area (Å²) in [6.45, 7) is 5.41. The summed E-state index contributed by atoms with van der Waals surface area (Å²) in [6, 6.07) is 0. The molecule has 0 saturated carbocycles. The van der Waals surface area contributed by atoms with Crippen LogP contribution >= 0.6 is 0 Å². The molecule has 0 amide bonds. The molecular formula is C7H12N2. The maximum Gasteiger partial charge on any atom is 0.125 e. The predicted octanol–water partition coefficient (Wildman–Crippen LogP) is 1.32. The summed E-state index contributed by atoms with van der Waals surface area (Å²) in [5, 5.41) is 2.90. The monoisotopic (exact) mass is 124 g/mol. The molecule has 0 rings (SSSR count). The fourth-order valence-electron chi connectivity index (χ4n) is 0.442. The zero-order chi connectivity index (χ0) is 7.11. The molecule has 0 spiro atoms. The van der Waals surface area contributed by atoms with E-state index >= 15 is 0 Å². The van der Waals surface area contributed by atoms with Crippen molar-refractivity contribution >= 4 is 6.21 Å². The highest BCUT2D eigenvalue weighted by molar-refractivity contribution is 5.55. The summed E-state index contributed by atoms with van der Waals surface area (Å²) in [4.78, 5) is 3.99. The highest BCUT2D eigenvalue weighted by Gasteiger charge is 1.79. The molecule has 9 heavy (non-hydrogen) atoms. The fourth-order valence-corrected chi connectivity index (χ4v) is 0.442.